The number of benzene rings is 1. The minimum atomic E-state index is -0.348. The van der Waals surface area contributed by atoms with Gasteiger partial charge in [0.25, 0.3) is 5.69 Å². The largest absolute Gasteiger partial charge is 0.313 e. The van der Waals surface area contributed by atoms with Gasteiger partial charge in [0.05, 0.1) is 4.92 Å². The third kappa shape index (κ3) is 4.01. The number of hydrogen-bond donors (Lipinski definition) is 2. The number of piperidine rings is 1. The fourth-order valence-electron chi connectivity index (χ4n) is 2.44. The maximum absolute atomic E-state index is 10.8. The molecule has 0 spiro atoms. The Morgan fingerprint density at radius 2 is 2.37 bits per heavy atom. The summed E-state index contributed by atoms with van der Waals surface area (Å²) in [5.41, 5.74) is 1.12. The first-order valence-electron chi connectivity index (χ1n) is 6.88. The summed E-state index contributed by atoms with van der Waals surface area (Å²) in [6, 6.07) is 7.49. The lowest BCUT2D eigenvalue weighted by molar-refractivity contribution is -0.384. The zero-order valence-corrected chi connectivity index (χ0v) is 11.3. The van der Waals surface area contributed by atoms with E-state index in [1.807, 2.05) is 13.0 Å². The maximum atomic E-state index is 10.8. The molecule has 0 bridgehead atoms. The van der Waals surface area contributed by atoms with Crippen LogP contribution in [0, 0.1) is 10.1 Å². The highest BCUT2D eigenvalue weighted by molar-refractivity contribution is 5.35. The molecule has 2 N–H and O–H groups in total. The van der Waals surface area contributed by atoms with Gasteiger partial charge in [-0.1, -0.05) is 18.6 Å². The number of nitro groups is 1. The topological polar surface area (TPSA) is 67.2 Å². The number of hydrogen-bond acceptors (Lipinski definition) is 4. The van der Waals surface area contributed by atoms with Crippen molar-refractivity contribution < 1.29 is 4.92 Å². The second-order valence-corrected chi connectivity index (χ2v) is 5.13. The van der Waals surface area contributed by atoms with E-state index >= 15 is 0 Å². The second-order valence-electron chi connectivity index (χ2n) is 5.13. The minimum absolute atomic E-state index is 0.128. The van der Waals surface area contributed by atoms with Crippen molar-refractivity contribution in [2.75, 3.05) is 13.1 Å². The Labute approximate surface area is 113 Å². The number of non-ortho nitro benzene ring substituents is 1. The molecule has 0 saturated carbocycles. The van der Waals surface area contributed by atoms with Crippen molar-refractivity contribution in [1.82, 2.24) is 10.6 Å². The first-order chi connectivity index (χ1) is 9.16. The molecule has 0 amide bonds. The lowest BCUT2D eigenvalue weighted by Gasteiger charge is -2.25. The van der Waals surface area contributed by atoms with Crippen molar-refractivity contribution in [1.29, 1.82) is 0 Å². The molecule has 1 aromatic rings. The lowest BCUT2D eigenvalue weighted by Crippen LogP contribution is -2.42. The summed E-state index contributed by atoms with van der Waals surface area (Å²) < 4.78 is 0. The van der Waals surface area contributed by atoms with Gasteiger partial charge in [0.1, 0.15) is 0 Å². The molecule has 1 aliphatic heterocycles. The Morgan fingerprint density at radius 3 is 3.05 bits per heavy atom. The molecule has 1 heterocycles. The Hall–Kier alpha value is -1.46. The molecule has 1 aliphatic rings. The molecule has 2 atom stereocenters. The molecule has 5 nitrogen and oxygen atoms in total. The van der Waals surface area contributed by atoms with Crippen LogP contribution in [-0.4, -0.2) is 24.1 Å². The van der Waals surface area contributed by atoms with E-state index in [2.05, 4.69) is 10.6 Å². The predicted octanol–water partition coefficient (Wildman–Crippen LogP) is 2.39. The fourth-order valence-corrected chi connectivity index (χ4v) is 2.44. The molecule has 5 heteroatoms. The summed E-state index contributed by atoms with van der Waals surface area (Å²) in [6.45, 7) is 4.04. The zero-order chi connectivity index (χ0) is 13.7. The van der Waals surface area contributed by atoms with Gasteiger partial charge in [0, 0.05) is 30.8 Å². The van der Waals surface area contributed by atoms with Crippen LogP contribution in [0.4, 0.5) is 5.69 Å². The van der Waals surface area contributed by atoms with E-state index < -0.39 is 0 Å². The Bertz CT molecular complexity index is 430. The average Bonchev–Trinajstić information content (AvgIpc) is 2.46. The van der Waals surface area contributed by atoms with Crippen LogP contribution in [0.5, 0.6) is 0 Å². The Morgan fingerprint density at radius 1 is 1.53 bits per heavy atom. The van der Waals surface area contributed by atoms with E-state index in [4.69, 9.17) is 0 Å². The molecule has 0 aliphatic carbocycles. The van der Waals surface area contributed by atoms with Crippen molar-refractivity contribution in [3.63, 3.8) is 0 Å². The van der Waals surface area contributed by atoms with E-state index in [-0.39, 0.29) is 16.7 Å². The SMILES string of the molecule is CC(NCC1CCCCN1)c1cccc([N+](=O)[O-])c1. The van der Waals surface area contributed by atoms with Crippen LogP contribution in [0.25, 0.3) is 0 Å². The fraction of sp³-hybridized carbons (Fsp3) is 0.571. The zero-order valence-electron chi connectivity index (χ0n) is 11.3. The van der Waals surface area contributed by atoms with Gasteiger partial charge in [-0.05, 0) is 31.9 Å². The number of nitrogens with one attached hydrogen (secondary N) is 2. The normalized spacial score (nSPS) is 21.0. The van der Waals surface area contributed by atoms with Crippen LogP contribution in [0.1, 0.15) is 37.8 Å². The van der Waals surface area contributed by atoms with Gasteiger partial charge in [-0.2, -0.15) is 0 Å². The van der Waals surface area contributed by atoms with Crippen molar-refractivity contribution in [3.8, 4) is 0 Å². The Balaban J connectivity index is 1.89. The van der Waals surface area contributed by atoms with Gasteiger partial charge >= 0.3 is 0 Å². The van der Waals surface area contributed by atoms with Crippen LogP contribution >= 0.6 is 0 Å². The minimum Gasteiger partial charge on any atom is -0.313 e. The van der Waals surface area contributed by atoms with E-state index in [1.54, 1.807) is 12.1 Å². The summed E-state index contributed by atoms with van der Waals surface area (Å²) in [6.07, 6.45) is 3.75. The van der Waals surface area contributed by atoms with E-state index in [0.717, 1.165) is 18.7 Å². The summed E-state index contributed by atoms with van der Waals surface area (Å²) in [5.74, 6) is 0. The van der Waals surface area contributed by atoms with Crippen molar-refractivity contribution in [2.24, 2.45) is 0 Å². The van der Waals surface area contributed by atoms with Crippen LogP contribution in [0.2, 0.25) is 0 Å². The van der Waals surface area contributed by atoms with Crippen molar-refractivity contribution in [2.45, 2.75) is 38.3 Å². The van der Waals surface area contributed by atoms with Crippen LogP contribution < -0.4 is 10.6 Å². The summed E-state index contributed by atoms with van der Waals surface area (Å²) in [7, 11) is 0. The molecular formula is C14H21N3O2. The first kappa shape index (κ1) is 14.0. The van der Waals surface area contributed by atoms with E-state index in [0.29, 0.717) is 6.04 Å². The summed E-state index contributed by atoms with van der Waals surface area (Å²) >= 11 is 0. The van der Waals surface area contributed by atoms with Gasteiger partial charge < -0.3 is 10.6 Å². The van der Waals surface area contributed by atoms with Gasteiger partial charge in [0.15, 0.2) is 0 Å². The summed E-state index contributed by atoms with van der Waals surface area (Å²) in [5, 5.41) is 17.7. The summed E-state index contributed by atoms with van der Waals surface area (Å²) in [4.78, 5) is 10.4. The third-order valence-electron chi connectivity index (χ3n) is 3.66. The molecule has 2 rings (SSSR count). The molecule has 19 heavy (non-hydrogen) atoms. The van der Waals surface area contributed by atoms with E-state index in [1.165, 1.54) is 25.3 Å². The molecule has 0 radical (unpaired) electrons. The highest BCUT2D eigenvalue weighted by atomic mass is 16.6. The molecule has 104 valence electrons. The molecule has 1 fully saturated rings. The molecule has 1 saturated heterocycles. The maximum Gasteiger partial charge on any atom is 0.269 e. The van der Waals surface area contributed by atoms with Crippen LogP contribution in [0.3, 0.4) is 0 Å². The average molecular weight is 263 g/mol. The second kappa shape index (κ2) is 6.63. The Kier molecular flexibility index (Phi) is 4.87. The van der Waals surface area contributed by atoms with E-state index in [9.17, 15) is 10.1 Å². The first-order valence-corrected chi connectivity index (χ1v) is 6.88. The monoisotopic (exact) mass is 263 g/mol. The molecule has 1 aromatic carbocycles. The van der Waals surface area contributed by atoms with Crippen molar-refractivity contribution in [3.05, 3.63) is 39.9 Å². The predicted molar refractivity (Wildman–Crippen MR) is 75.2 cm³/mol. The van der Waals surface area contributed by atoms with Gasteiger partial charge in [-0.3, -0.25) is 10.1 Å². The number of rotatable bonds is 5. The highest BCUT2D eigenvalue weighted by Crippen LogP contribution is 2.19. The van der Waals surface area contributed by atoms with Crippen molar-refractivity contribution >= 4 is 5.69 Å². The standard InChI is InChI=1S/C14H21N3O2/c1-11(16-10-13-6-2-3-8-15-13)12-5-4-7-14(9-12)17(18)19/h4-5,7,9,11,13,15-16H,2-3,6,8,10H2,1H3. The van der Waals surface area contributed by atoms with Crippen LogP contribution in [-0.2, 0) is 0 Å². The molecule has 2 unspecified atom stereocenters. The number of nitro benzene ring substituents is 1. The quantitative estimate of drug-likeness (QED) is 0.632. The van der Waals surface area contributed by atoms with Gasteiger partial charge in [-0.25, -0.2) is 0 Å². The van der Waals surface area contributed by atoms with Crippen LogP contribution in [0.15, 0.2) is 24.3 Å². The molecule has 0 aromatic heterocycles. The smallest absolute Gasteiger partial charge is 0.269 e. The number of nitrogens with zero attached hydrogens (tertiary/aromatic N) is 1. The van der Waals surface area contributed by atoms with Gasteiger partial charge in [0.2, 0.25) is 0 Å². The molecular weight excluding hydrogens is 242 g/mol. The lowest BCUT2D eigenvalue weighted by atomic mass is 10.0. The third-order valence-corrected chi connectivity index (χ3v) is 3.66. The highest BCUT2D eigenvalue weighted by Gasteiger charge is 2.15. The van der Waals surface area contributed by atoms with Gasteiger partial charge in [-0.15, -0.1) is 0 Å².